The first-order chi connectivity index (χ1) is 4.86. The van der Waals surface area contributed by atoms with Crippen LogP contribution in [-0.4, -0.2) is 13.1 Å². The van der Waals surface area contributed by atoms with E-state index in [1.807, 2.05) is 0 Å². The number of rotatable bonds is 2. The van der Waals surface area contributed by atoms with Gasteiger partial charge >= 0.3 is 0 Å². The summed E-state index contributed by atoms with van der Waals surface area (Å²) in [7, 11) is 0. The minimum atomic E-state index is 0.957. The van der Waals surface area contributed by atoms with Crippen LogP contribution >= 0.6 is 0 Å². The van der Waals surface area contributed by atoms with Crippen LogP contribution in [0.2, 0.25) is 0 Å². The quantitative estimate of drug-likeness (QED) is 0.620. The molecule has 0 radical (unpaired) electrons. The fraction of sp³-hybridized carbons (Fsp3) is 1.00. The molecule has 0 aromatic heterocycles. The predicted octanol–water partition coefficient (Wildman–Crippen LogP) is 2.03. The fourth-order valence-corrected chi connectivity index (χ4v) is 1.75. The highest BCUT2D eigenvalue weighted by Gasteiger charge is 2.17. The highest BCUT2D eigenvalue weighted by molar-refractivity contribution is 4.74. The van der Waals surface area contributed by atoms with E-state index in [-0.39, 0.29) is 0 Å². The van der Waals surface area contributed by atoms with Crippen LogP contribution in [-0.2, 0) is 0 Å². The van der Waals surface area contributed by atoms with Crippen LogP contribution in [0.15, 0.2) is 0 Å². The van der Waals surface area contributed by atoms with Crippen LogP contribution in [0.5, 0.6) is 0 Å². The molecule has 0 aromatic rings. The Hall–Kier alpha value is -0.0400. The minimum absolute atomic E-state index is 0.957. The second-order valence-electron chi connectivity index (χ2n) is 3.44. The summed E-state index contributed by atoms with van der Waals surface area (Å²) >= 11 is 0. The average Bonchev–Trinajstić information content (AvgIpc) is 2.05. The van der Waals surface area contributed by atoms with E-state index in [1.165, 1.54) is 32.4 Å². The van der Waals surface area contributed by atoms with E-state index >= 15 is 0 Å². The summed E-state index contributed by atoms with van der Waals surface area (Å²) in [6, 6.07) is 0. The van der Waals surface area contributed by atoms with E-state index in [4.69, 9.17) is 0 Å². The molecule has 2 atom stereocenters. The Bertz CT molecular complexity index is 80.7. The molecule has 1 aliphatic heterocycles. The van der Waals surface area contributed by atoms with Gasteiger partial charge in [0.1, 0.15) is 0 Å². The Labute approximate surface area is 64.2 Å². The Morgan fingerprint density at radius 2 is 1.60 bits per heavy atom. The van der Waals surface area contributed by atoms with Gasteiger partial charge in [0.2, 0.25) is 0 Å². The van der Waals surface area contributed by atoms with E-state index in [2.05, 4.69) is 19.2 Å². The van der Waals surface area contributed by atoms with E-state index in [1.54, 1.807) is 0 Å². The van der Waals surface area contributed by atoms with Gasteiger partial charge in [-0.25, -0.2) is 0 Å². The van der Waals surface area contributed by atoms with Gasteiger partial charge in [-0.15, -0.1) is 0 Å². The summed E-state index contributed by atoms with van der Waals surface area (Å²) in [5, 5.41) is 3.49. The third-order valence-corrected chi connectivity index (χ3v) is 2.69. The summed E-state index contributed by atoms with van der Waals surface area (Å²) in [4.78, 5) is 0. The third kappa shape index (κ3) is 1.98. The Kier molecular flexibility index (Phi) is 3.20. The van der Waals surface area contributed by atoms with E-state index in [9.17, 15) is 0 Å². The number of hydrogen-bond donors (Lipinski definition) is 1. The summed E-state index contributed by atoms with van der Waals surface area (Å²) in [5.41, 5.74) is 0. The molecule has 1 nitrogen and oxygen atoms in total. The van der Waals surface area contributed by atoms with Gasteiger partial charge in [-0.05, 0) is 31.3 Å². The molecule has 1 saturated heterocycles. The van der Waals surface area contributed by atoms with Crippen LogP contribution in [0, 0.1) is 11.8 Å². The zero-order valence-corrected chi connectivity index (χ0v) is 7.19. The van der Waals surface area contributed by atoms with Gasteiger partial charge in [0.25, 0.3) is 0 Å². The molecule has 0 unspecified atom stereocenters. The zero-order valence-electron chi connectivity index (χ0n) is 7.19. The van der Waals surface area contributed by atoms with Gasteiger partial charge in [-0.1, -0.05) is 26.7 Å². The van der Waals surface area contributed by atoms with Gasteiger partial charge in [-0.3, -0.25) is 0 Å². The van der Waals surface area contributed by atoms with Crippen molar-refractivity contribution in [2.24, 2.45) is 11.8 Å². The molecular weight excluding hydrogens is 122 g/mol. The van der Waals surface area contributed by atoms with Crippen molar-refractivity contribution in [3.05, 3.63) is 0 Å². The zero-order chi connectivity index (χ0) is 7.40. The topological polar surface area (TPSA) is 12.0 Å². The summed E-state index contributed by atoms with van der Waals surface area (Å²) in [6.07, 6.45) is 4.16. The average molecular weight is 141 g/mol. The first kappa shape index (κ1) is 8.06. The second-order valence-corrected chi connectivity index (χ2v) is 3.44. The van der Waals surface area contributed by atoms with Gasteiger partial charge in [0.05, 0.1) is 0 Å². The van der Waals surface area contributed by atoms with Crippen molar-refractivity contribution in [2.45, 2.75) is 33.1 Å². The maximum Gasteiger partial charge on any atom is -0.00204 e. The summed E-state index contributed by atoms with van der Waals surface area (Å²) in [5.74, 6) is 1.91. The van der Waals surface area contributed by atoms with Crippen LogP contribution < -0.4 is 5.32 Å². The fourth-order valence-electron chi connectivity index (χ4n) is 1.75. The molecule has 0 spiro atoms. The lowest BCUT2D eigenvalue weighted by atomic mass is 9.87. The molecule has 1 heterocycles. The van der Waals surface area contributed by atoms with Crippen LogP contribution in [0.25, 0.3) is 0 Å². The highest BCUT2D eigenvalue weighted by Crippen LogP contribution is 2.20. The van der Waals surface area contributed by atoms with Crippen molar-refractivity contribution in [1.82, 2.24) is 5.32 Å². The van der Waals surface area contributed by atoms with Crippen molar-refractivity contribution in [3.8, 4) is 0 Å². The van der Waals surface area contributed by atoms with E-state index in [0.717, 1.165) is 11.8 Å². The Balaban J connectivity index is 2.25. The van der Waals surface area contributed by atoms with E-state index in [0.29, 0.717) is 0 Å². The molecule has 0 amide bonds. The van der Waals surface area contributed by atoms with Gasteiger partial charge < -0.3 is 5.32 Å². The third-order valence-electron chi connectivity index (χ3n) is 2.69. The maximum atomic E-state index is 3.49. The standard InChI is InChI=1S/C9H19N/c1-3-8-5-9(4-2)7-10-6-8/h8-10H,3-7H2,1-2H3/t8-,9+. The second kappa shape index (κ2) is 3.97. The van der Waals surface area contributed by atoms with Crippen molar-refractivity contribution in [1.29, 1.82) is 0 Å². The van der Waals surface area contributed by atoms with Gasteiger partial charge in [-0.2, -0.15) is 0 Å². The molecule has 1 rings (SSSR count). The van der Waals surface area contributed by atoms with Gasteiger partial charge in [0, 0.05) is 0 Å². The predicted molar refractivity (Wildman–Crippen MR) is 45.0 cm³/mol. The first-order valence-electron chi connectivity index (χ1n) is 4.57. The van der Waals surface area contributed by atoms with Crippen molar-refractivity contribution < 1.29 is 0 Å². The molecule has 60 valence electrons. The molecule has 1 N–H and O–H groups in total. The van der Waals surface area contributed by atoms with Crippen molar-refractivity contribution >= 4 is 0 Å². The monoisotopic (exact) mass is 141 g/mol. The Morgan fingerprint density at radius 1 is 1.10 bits per heavy atom. The molecule has 1 heteroatoms. The number of hydrogen-bond acceptors (Lipinski definition) is 1. The molecular formula is C9H19N. The van der Waals surface area contributed by atoms with Gasteiger partial charge in [0.15, 0.2) is 0 Å². The SMILES string of the molecule is CC[C@@H]1CNC[C@H](CC)C1. The number of nitrogens with one attached hydrogen (secondary N) is 1. The smallest absolute Gasteiger partial charge is 0.00204 e. The molecule has 1 fully saturated rings. The van der Waals surface area contributed by atoms with Crippen LogP contribution in [0.4, 0.5) is 0 Å². The van der Waals surface area contributed by atoms with E-state index < -0.39 is 0 Å². The maximum absolute atomic E-state index is 3.49. The van der Waals surface area contributed by atoms with Crippen LogP contribution in [0.1, 0.15) is 33.1 Å². The summed E-state index contributed by atoms with van der Waals surface area (Å²) in [6.45, 7) is 7.11. The van der Waals surface area contributed by atoms with Crippen LogP contribution in [0.3, 0.4) is 0 Å². The highest BCUT2D eigenvalue weighted by atomic mass is 14.9. The normalized spacial score (nSPS) is 34.2. The largest absolute Gasteiger partial charge is 0.316 e. The molecule has 0 aliphatic carbocycles. The lowest BCUT2D eigenvalue weighted by molar-refractivity contribution is 0.275. The molecule has 0 aromatic carbocycles. The van der Waals surface area contributed by atoms with Crippen molar-refractivity contribution in [3.63, 3.8) is 0 Å². The first-order valence-corrected chi connectivity index (χ1v) is 4.57. The summed E-state index contributed by atoms with van der Waals surface area (Å²) < 4.78 is 0. The number of piperidine rings is 1. The molecule has 0 bridgehead atoms. The molecule has 10 heavy (non-hydrogen) atoms. The molecule has 0 saturated carbocycles. The Morgan fingerprint density at radius 3 is 2.00 bits per heavy atom. The lowest BCUT2D eigenvalue weighted by Crippen LogP contribution is -2.35. The molecule has 1 aliphatic rings. The van der Waals surface area contributed by atoms with Crippen molar-refractivity contribution in [2.75, 3.05) is 13.1 Å². The minimum Gasteiger partial charge on any atom is -0.316 e. The lowest BCUT2D eigenvalue weighted by Gasteiger charge is -2.28.